The molecule has 3 saturated heterocycles. The maximum Gasteiger partial charge on any atom is 0.311 e. The number of benzene rings is 1. The molecule has 6 nitrogen and oxygen atoms in total. The molecule has 1 aromatic carbocycles. The standard InChI is InChI=1S/C26H36N2O4/c1-17-6-5-9-25(2)15-21-22(23-26(17,25)32-23)20(24(29)31-21)16-27-10-12-28(13-11-27)18-7-4-8-19(14-18)30-3/h4,7-8,14,17,20-23H,5-6,9-13,15-16H2,1-3H3/t17-,20-,21+,22+,23-,25+,26+/m0/s1. The van der Waals surface area contributed by atoms with Crippen LogP contribution in [0.1, 0.15) is 39.5 Å². The number of piperazine rings is 1. The Bertz CT molecular complexity index is 900. The Kier molecular flexibility index (Phi) is 4.78. The molecular weight excluding hydrogens is 404 g/mol. The zero-order valence-corrected chi connectivity index (χ0v) is 19.6. The number of rotatable bonds is 4. The van der Waals surface area contributed by atoms with Gasteiger partial charge in [-0.1, -0.05) is 26.3 Å². The van der Waals surface area contributed by atoms with Gasteiger partial charge in [-0.25, -0.2) is 0 Å². The molecule has 0 unspecified atom stereocenters. The highest BCUT2D eigenvalue weighted by atomic mass is 16.6. The van der Waals surface area contributed by atoms with Crippen LogP contribution in [0.25, 0.3) is 0 Å². The second-order valence-electron chi connectivity index (χ2n) is 11.0. The number of fused-ring (bicyclic) bond motifs is 2. The van der Waals surface area contributed by atoms with Crippen LogP contribution in [-0.4, -0.2) is 68.5 Å². The van der Waals surface area contributed by atoms with Crippen LogP contribution < -0.4 is 9.64 Å². The van der Waals surface area contributed by atoms with Crippen LogP contribution in [0.5, 0.6) is 5.75 Å². The number of anilines is 1. The van der Waals surface area contributed by atoms with Gasteiger partial charge in [-0.2, -0.15) is 0 Å². The van der Waals surface area contributed by atoms with Crippen LogP contribution >= 0.6 is 0 Å². The normalized spacial score (nSPS) is 43.2. The molecule has 0 N–H and O–H groups in total. The van der Waals surface area contributed by atoms with Gasteiger partial charge in [0.15, 0.2) is 0 Å². The van der Waals surface area contributed by atoms with Gasteiger partial charge in [0.2, 0.25) is 0 Å². The van der Waals surface area contributed by atoms with Gasteiger partial charge in [-0.05, 0) is 37.3 Å². The Hall–Kier alpha value is -1.79. The largest absolute Gasteiger partial charge is 0.497 e. The Balaban J connectivity index is 1.13. The smallest absolute Gasteiger partial charge is 0.311 e. The van der Waals surface area contributed by atoms with Crippen molar-refractivity contribution in [3.8, 4) is 5.75 Å². The minimum absolute atomic E-state index is 0.00998. The maximum absolute atomic E-state index is 13.0. The summed E-state index contributed by atoms with van der Waals surface area (Å²) in [5, 5.41) is 0. The molecule has 32 heavy (non-hydrogen) atoms. The molecule has 3 heterocycles. The first-order chi connectivity index (χ1) is 15.4. The van der Waals surface area contributed by atoms with E-state index in [9.17, 15) is 4.79 Å². The van der Waals surface area contributed by atoms with Crippen LogP contribution in [0.3, 0.4) is 0 Å². The summed E-state index contributed by atoms with van der Waals surface area (Å²) >= 11 is 0. The molecule has 2 saturated carbocycles. The van der Waals surface area contributed by atoms with E-state index in [1.807, 2.05) is 12.1 Å². The van der Waals surface area contributed by atoms with Gasteiger partial charge in [0.25, 0.3) is 0 Å². The fourth-order valence-electron chi connectivity index (χ4n) is 7.72. The van der Waals surface area contributed by atoms with E-state index in [-0.39, 0.29) is 41.0 Å². The fourth-order valence-corrected chi connectivity index (χ4v) is 7.72. The quantitative estimate of drug-likeness (QED) is 0.529. The summed E-state index contributed by atoms with van der Waals surface area (Å²) in [4.78, 5) is 17.9. The number of hydrogen-bond acceptors (Lipinski definition) is 6. The number of nitrogens with zero attached hydrogens (tertiary/aromatic N) is 2. The molecule has 0 radical (unpaired) electrons. The highest BCUT2D eigenvalue weighted by Crippen LogP contribution is 2.70. The van der Waals surface area contributed by atoms with Crippen molar-refractivity contribution in [2.45, 2.75) is 57.3 Å². The van der Waals surface area contributed by atoms with Crippen molar-refractivity contribution in [1.29, 1.82) is 0 Å². The molecule has 2 aliphatic carbocycles. The summed E-state index contributed by atoms with van der Waals surface area (Å²) in [5.41, 5.74) is 1.35. The number of ether oxygens (including phenoxy) is 3. The molecule has 0 amide bonds. The van der Waals surface area contributed by atoms with Gasteiger partial charge < -0.3 is 19.1 Å². The number of epoxide rings is 1. The lowest BCUT2D eigenvalue weighted by Crippen LogP contribution is -2.55. The highest BCUT2D eigenvalue weighted by molar-refractivity contribution is 5.76. The van der Waals surface area contributed by atoms with Gasteiger partial charge in [0.1, 0.15) is 17.5 Å². The van der Waals surface area contributed by atoms with E-state index in [1.54, 1.807) is 7.11 Å². The molecule has 0 bridgehead atoms. The molecule has 3 aliphatic heterocycles. The van der Waals surface area contributed by atoms with Gasteiger partial charge in [0, 0.05) is 55.8 Å². The summed E-state index contributed by atoms with van der Waals surface area (Å²) in [6, 6.07) is 8.27. The molecule has 0 aromatic heterocycles. The topological polar surface area (TPSA) is 54.5 Å². The van der Waals surface area contributed by atoms with Crippen LogP contribution in [0.4, 0.5) is 5.69 Å². The Labute approximate surface area is 191 Å². The predicted molar refractivity (Wildman–Crippen MR) is 122 cm³/mol. The van der Waals surface area contributed by atoms with E-state index < -0.39 is 0 Å². The third-order valence-electron chi connectivity index (χ3n) is 9.44. The number of carbonyl (C=O) groups is 1. The lowest BCUT2D eigenvalue weighted by atomic mass is 9.53. The highest BCUT2D eigenvalue weighted by Gasteiger charge is 2.78. The summed E-state index contributed by atoms with van der Waals surface area (Å²) in [6.45, 7) is 9.39. The maximum atomic E-state index is 13.0. The third-order valence-corrected chi connectivity index (χ3v) is 9.44. The van der Waals surface area contributed by atoms with Crippen LogP contribution in [0, 0.1) is 23.2 Å². The molecule has 7 atom stereocenters. The van der Waals surface area contributed by atoms with E-state index in [0.717, 1.165) is 44.9 Å². The van der Waals surface area contributed by atoms with Crippen molar-refractivity contribution in [3.63, 3.8) is 0 Å². The van der Waals surface area contributed by atoms with Crippen molar-refractivity contribution in [1.82, 2.24) is 4.90 Å². The number of esters is 1. The average Bonchev–Trinajstić information content (AvgIpc) is 3.48. The van der Waals surface area contributed by atoms with E-state index in [1.165, 1.54) is 24.9 Å². The molecule has 5 aliphatic rings. The van der Waals surface area contributed by atoms with Gasteiger partial charge in [-0.15, -0.1) is 0 Å². The van der Waals surface area contributed by atoms with E-state index >= 15 is 0 Å². The second-order valence-corrected chi connectivity index (χ2v) is 11.0. The van der Waals surface area contributed by atoms with Crippen molar-refractivity contribution >= 4 is 11.7 Å². The minimum atomic E-state index is -0.0496. The SMILES string of the molecule is COc1cccc(N2CCN(C[C@@H]3C(=O)O[C@@H]4C[C@@]5(C)CCC[C@H](C)[C@]56O[C@H]6[C@H]34)CC2)c1. The summed E-state index contributed by atoms with van der Waals surface area (Å²) in [5.74, 6) is 1.66. The fraction of sp³-hybridized carbons (Fsp3) is 0.731. The first-order valence-electron chi connectivity index (χ1n) is 12.4. The Morgan fingerprint density at radius 3 is 2.81 bits per heavy atom. The minimum Gasteiger partial charge on any atom is -0.497 e. The molecule has 5 fully saturated rings. The molecule has 6 rings (SSSR count). The lowest BCUT2D eigenvalue weighted by molar-refractivity contribution is -0.146. The first kappa shape index (κ1) is 20.8. The Morgan fingerprint density at radius 1 is 1.22 bits per heavy atom. The predicted octanol–water partition coefficient (Wildman–Crippen LogP) is 3.34. The summed E-state index contributed by atoms with van der Waals surface area (Å²) in [7, 11) is 1.71. The molecule has 174 valence electrons. The van der Waals surface area contributed by atoms with Crippen molar-refractivity contribution < 1.29 is 19.0 Å². The van der Waals surface area contributed by atoms with E-state index in [4.69, 9.17) is 14.2 Å². The average molecular weight is 441 g/mol. The van der Waals surface area contributed by atoms with Gasteiger partial charge in [-0.3, -0.25) is 9.69 Å². The zero-order chi connectivity index (χ0) is 22.1. The van der Waals surface area contributed by atoms with Crippen LogP contribution in [0.15, 0.2) is 24.3 Å². The number of carbonyl (C=O) groups excluding carboxylic acids is 1. The number of hydrogen-bond donors (Lipinski definition) is 0. The van der Waals surface area contributed by atoms with Crippen LogP contribution in [-0.2, 0) is 14.3 Å². The van der Waals surface area contributed by atoms with Gasteiger partial charge >= 0.3 is 5.97 Å². The Morgan fingerprint density at radius 2 is 2.03 bits per heavy atom. The number of methoxy groups -OCH3 is 1. The van der Waals surface area contributed by atoms with Crippen molar-refractivity contribution in [2.75, 3.05) is 44.7 Å². The third kappa shape index (κ3) is 2.95. The second kappa shape index (κ2) is 7.36. The molecule has 1 aromatic rings. The summed E-state index contributed by atoms with van der Waals surface area (Å²) in [6.07, 6.45) is 4.94. The van der Waals surface area contributed by atoms with Crippen LogP contribution in [0.2, 0.25) is 0 Å². The monoisotopic (exact) mass is 440 g/mol. The van der Waals surface area contributed by atoms with Gasteiger partial charge in [0.05, 0.1) is 19.1 Å². The van der Waals surface area contributed by atoms with E-state index in [0.29, 0.717) is 5.92 Å². The molecular formula is C26H36N2O4. The van der Waals surface area contributed by atoms with Crippen molar-refractivity contribution in [3.05, 3.63) is 24.3 Å². The molecule has 6 heteroatoms. The zero-order valence-electron chi connectivity index (χ0n) is 19.6. The lowest BCUT2D eigenvalue weighted by Gasteiger charge is -2.49. The van der Waals surface area contributed by atoms with Crippen molar-refractivity contribution in [2.24, 2.45) is 23.2 Å². The molecule has 1 spiro atoms. The first-order valence-corrected chi connectivity index (χ1v) is 12.4. The van der Waals surface area contributed by atoms with E-state index in [2.05, 4.69) is 35.8 Å². The summed E-state index contributed by atoms with van der Waals surface area (Å²) < 4.78 is 18.0.